The van der Waals surface area contributed by atoms with E-state index in [4.69, 9.17) is 24.9 Å². The number of aliphatic hydroxyl groups is 1. The van der Waals surface area contributed by atoms with Gasteiger partial charge in [-0.05, 0) is 101 Å². The van der Waals surface area contributed by atoms with Crippen molar-refractivity contribution < 1.29 is 10.2 Å². The van der Waals surface area contributed by atoms with E-state index in [0.717, 1.165) is 116 Å². The number of pyridine rings is 2. The predicted molar refractivity (Wildman–Crippen MR) is 223 cm³/mol. The summed E-state index contributed by atoms with van der Waals surface area (Å²) in [6.07, 6.45) is 8.26. The quantitative estimate of drug-likeness (QED) is 0.149. The predicted octanol–water partition coefficient (Wildman–Crippen LogP) is 4.62. The van der Waals surface area contributed by atoms with E-state index in [9.17, 15) is 10.2 Å². The summed E-state index contributed by atoms with van der Waals surface area (Å²) in [6.45, 7) is 8.43. The smallest absolute Gasteiger partial charge is 0.227 e. The number of phenols is 1. The lowest BCUT2D eigenvalue weighted by molar-refractivity contribution is 0.174. The fraction of sp³-hybridized carbons (Fsp3) is 0.524. The van der Waals surface area contributed by atoms with Crippen LogP contribution in [-0.4, -0.2) is 122 Å². The van der Waals surface area contributed by atoms with E-state index < -0.39 is 6.10 Å². The molecule has 5 aromatic rings. The highest BCUT2D eigenvalue weighted by Crippen LogP contribution is 2.36. The number of aromatic hydroxyl groups is 1. The summed E-state index contributed by atoms with van der Waals surface area (Å²) >= 11 is 0. The number of likely N-dealkylation sites (tertiary alicyclic amines) is 2. The Morgan fingerprint density at radius 3 is 2.21 bits per heavy atom. The largest absolute Gasteiger partial charge is 0.508 e. The lowest BCUT2D eigenvalue weighted by Gasteiger charge is -2.32. The van der Waals surface area contributed by atoms with Gasteiger partial charge in [0.1, 0.15) is 17.4 Å². The highest BCUT2D eigenvalue weighted by atomic mass is 16.3. The second-order valence-corrected chi connectivity index (χ2v) is 16.2. The van der Waals surface area contributed by atoms with Gasteiger partial charge >= 0.3 is 0 Å². The van der Waals surface area contributed by atoms with Crippen LogP contribution < -0.4 is 20.9 Å². The molecule has 2 aliphatic carbocycles. The van der Waals surface area contributed by atoms with E-state index in [1.165, 1.54) is 34.4 Å². The first kappa shape index (κ1) is 38.0. The van der Waals surface area contributed by atoms with Crippen molar-refractivity contribution in [3.05, 3.63) is 63.5 Å². The average molecular weight is 761 g/mol. The Kier molecular flexibility index (Phi) is 10.8. The molecule has 0 saturated carbocycles. The van der Waals surface area contributed by atoms with Gasteiger partial charge in [-0.25, -0.2) is 9.97 Å². The van der Waals surface area contributed by atoms with E-state index in [0.29, 0.717) is 30.2 Å². The number of hydrogen-bond donors (Lipinski definition) is 5. The molecule has 14 heteroatoms. The highest BCUT2D eigenvalue weighted by molar-refractivity contribution is 5.93. The van der Waals surface area contributed by atoms with Crippen molar-refractivity contribution in [3.63, 3.8) is 0 Å². The number of nitrogens with one attached hydrogen (secondary N) is 3. The summed E-state index contributed by atoms with van der Waals surface area (Å²) in [5.41, 5.74) is 10.2. The molecular formula is C42H56N12O2. The molecule has 296 valence electrons. The fourth-order valence-corrected chi connectivity index (χ4v) is 9.06. The van der Waals surface area contributed by atoms with Gasteiger partial charge in [0.05, 0.1) is 22.9 Å². The summed E-state index contributed by atoms with van der Waals surface area (Å²) in [6, 6.07) is 7.86. The minimum Gasteiger partial charge on any atom is -0.508 e. The fourth-order valence-electron chi connectivity index (χ4n) is 9.06. The standard InChI is InChI=1S/C24H30N6O.C18H26N6O/c1-15-18-7-5-8-19(18)21-22(25-2)28-24(29-23(21)26-15)27-17-10-12-30(13-11-17)14-16-6-3-4-9-20(16)31;1-10-11-6-5-7-12(11)19-16-15(10)17(23(2)3)22-18(21-16)20-13-8-24(4)9-14(13)25/h3-4,6,9,17,31H,5,7-8,10-14H2,1-2H3,(H2,25,26,27,28,29);13-14,25H,5-9H2,1-4H3,(H,19,20,21,22). The van der Waals surface area contributed by atoms with Crippen LogP contribution in [0.2, 0.25) is 0 Å². The SMILES string of the molecule is CNc1nc(NC2CCN(Cc3ccccc3O)CC2)nc2nc(C)c3c(c12)CCC3.Cc1c2c(nc3nc(NC4CN(C)CC4O)nc(N(C)C)c13)CCC2. The number of aliphatic hydroxyl groups excluding tert-OH is 1. The highest BCUT2D eigenvalue weighted by Gasteiger charge is 2.31. The van der Waals surface area contributed by atoms with Crippen molar-refractivity contribution in [1.29, 1.82) is 0 Å². The number of phenolic OH excluding ortho intramolecular Hbond substituents is 1. The zero-order valence-electron chi connectivity index (χ0n) is 33.7. The maximum atomic E-state index is 10.2. The zero-order chi connectivity index (χ0) is 39.1. The summed E-state index contributed by atoms with van der Waals surface area (Å²) in [7, 11) is 7.92. The number of rotatable bonds is 8. The van der Waals surface area contributed by atoms with E-state index in [-0.39, 0.29) is 6.04 Å². The minimum atomic E-state index is -0.415. The van der Waals surface area contributed by atoms with E-state index in [1.54, 1.807) is 6.07 Å². The monoisotopic (exact) mass is 760 g/mol. The Hall–Kier alpha value is -4.92. The van der Waals surface area contributed by atoms with Crippen molar-refractivity contribution in [2.24, 2.45) is 0 Å². The maximum Gasteiger partial charge on any atom is 0.227 e. The first-order valence-electron chi connectivity index (χ1n) is 20.2. The third-order valence-corrected chi connectivity index (χ3v) is 12.0. The van der Waals surface area contributed by atoms with Gasteiger partial charge in [0.2, 0.25) is 11.9 Å². The van der Waals surface area contributed by atoms with Gasteiger partial charge in [0, 0.05) is 76.9 Å². The third-order valence-electron chi connectivity index (χ3n) is 12.0. The molecule has 0 radical (unpaired) electrons. The van der Waals surface area contributed by atoms with Crippen LogP contribution in [0.25, 0.3) is 22.1 Å². The molecule has 0 bridgehead atoms. The van der Waals surface area contributed by atoms with Crippen LogP contribution >= 0.6 is 0 Å². The number of aryl methyl sites for hydroxylation is 4. The van der Waals surface area contributed by atoms with Crippen LogP contribution in [0.5, 0.6) is 5.75 Å². The summed E-state index contributed by atoms with van der Waals surface area (Å²) in [5, 5.41) is 32.5. The first-order chi connectivity index (χ1) is 27.1. The summed E-state index contributed by atoms with van der Waals surface area (Å²) < 4.78 is 0. The van der Waals surface area contributed by atoms with Gasteiger partial charge in [-0.2, -0.15) is 19.9 Å². The molecule has 2 fully saturated rings. The van der Waals surface area contributed by atoms with Crippen molar-refractivity contribution >= 4 is 45.6 Å². The van der Waals surface area contributed by atoms with Gasteiger partial charge in [-0.1, -0.05) is 18.2 Å². The van der Waals surface area contributed by atoms with Crippen molar-refractivity contribution in [1.82, 2.24) is 39.7 Å². The molecular weight excluding hydrogens is 705 g/mol. The normalized spacial score (nSPS) is 19.8. The molecule has 6 heterocycles. The number of piperidine rings is 1. The van der Waals surface area contributed by atoms with Crippen LogP contribution in [0.1, 0.15) is 64.9 Å². The Morgan fingerprint density at radius 2 is 1.50 bits per heavy atom. The zero-order valence-corrected chi connectivity index (χ0v) is 33.7. The minimum absolute atomic E-state index is 0.0620. The number of hydrogen-bond acceptors (Lipinski definition) is 14. The number of likely N-dealkylation sites (N-methyl/N-ethyl adjacent to an activating group) is 1. The Balaban J connectivity index is 0.000000161. The molecule has 9 rings (SSSR count). The molecule has 2 unspecified atom stereocenters. The average Bonchev–Trinajstić information content (AvgIpc) is 3.93. The molecule has 1 aromatic carbocycles. The second kappa shape index (κ2) is 15.9. The number of para-hydroxylation sites is 1. The first-order valence-corrected chi connectivity index (χ1v) is 20.2. The van der Waals surface area contributed by atoms with Crippen LogP contribution in [0.4, 0.5) is 23.5 Å². The lowest BCUT2D eigenvalue weighted by Crippen LogP contribution is -2.39. The van der Waals surface area contributed by atoms with Gasteiger partial charge in [-0.3, -0.25) is 4.90 Å². The van der Waals surface area contributed by atoms with Crippen molar-refractivity contribution in [2.75, 3.05) is 75.2 Å². The van der Waals surface area contributed by atoms with Crippen LogP contribution in [0, 0.1) is 13.8 Å². The Morgan fingerprint density at radius 1 is 0.804 bits per heavy atom. The van der Waals surface area contributed by atoms with Crippen LogP contribution in [0.15, 0.2) is 24.3 Å². The molecule has 4 aromatic heterocycles. The molecule has 14 nitrogen and oxygen atoms in total. The number of benzene rings is 1. The molecule has 0 amide bonds. The molecule has 0 spiro atoms. The number of fused-ring (bicyclic) bond motifs is 5. The van der Waals surface area contributed by atoms with Crippen molar-refractivity contribution in [2.45, 2.75) is 89.9 Å². The molecule has 2 saturated heterocycles. The second-order valence-electron chi connectivity index (χ2n) is 16.2. The van der Waals surface area contributed by atoms with Gasteiger partial charge in [0.15, 0.2) is 11.3 Å². The van der Waals surface area contributed by atoms with E-state index in [1.807, 2.05) is 51.3 Å². The topological polar surface area (TPSA) is 164 Å². The molecule has 56 heavy (non-hydrogen) atoms. The maximum absolute atomic E-state index is 10.2. The van der Waals surface area contributed by atoms with E-state index >= 15 is 0 Å². The number of β-amino-alcohol motifs (C(OH)–C–C–N with tert-alkyl or cyclic N) is 1. The van der Waals surface area contributed by atoms with Gasteiger partial charge in [-0.15, -0.1) is 0 Å². The Bertz CT molecular complexity index is 2240. The molecule has 2 aliphatic heterocycles. The number of aromatic nitrogens is 6. The Labute approximate surface area is 329 Å². The van der Waals surface area contributed by atoms with Crippen LogP contribution in [-0.2, 0) is 32.2 Å². The van der Waals surface area contributed by atoms with Crippen LogP contribution in [0.3, 0.4) is 0 Å². The van der Waals surface area contributed by atoms with Gasteiger partial charge in [0.25, 0.3) is 0 Å². The van der Waals surface area contributed by atoms with E-state index in [2.05, 4.69) is 44.6 Å². The number of nitrogens with zero attached hydrogens (tertiary/aromatic N) is 9. The lowest BCUT2D eigenvalue weighted by atomic mass is 10.0. The summed E-state index contributed by atoms with van der Waals surface area (Å²) in [4.78, 5) is 35.2. The molecule has 4 aliphatic rings. The molecule has 5 N–H and O–H groups in total. The summed E-state index contributed by atoms with van der Waals surface area (Å²) in [5.74, 6) is 3.32. The number of anilines is 4. The van der Waals surface area contributed by atoms with Crippen molar-refractivity contribution in [3.8, 4) is 5.75 Å². The molecule has 2 atom stereocenters. The van der Waals surface area contributed by atoms with Gasteiger partial charge < -0.3 is 36.0 Å². The third kappa shape index (κ3) is 7.61.